The first kappa shape index (κ1) is 11.9. The molecule has 0 amide bonds. The van der Waals surface area contributed by atoms with Crippen molar-refractivity contribution in [2.24, 2.45) is 5.73 Å². The molecule has 82 valence electrons. The van der Waals surface area contributed by atoms with E-state index in [4.69, 9.17) is 5.73 Å². The van der Waals surface area contributed by atoms with Gasteiger partial charge in [0.15, 0.2) is 0 Å². The predicted octanol–water partition coefficient (Wildman–Crippen LogP) is 2.23. The number of ketones is 1. The van der Waals surface area contributed by atoms with E-state index in [0.717, 1.165) is 5.56 Å². The van der Waals surface area contributed by atoms with E-state index in [-0.39, 0.29) is 5.78 Å². The predicted molar refractivity (Wildman–Crippen MR) is 62.8 cm³/mol. The van der Waals surface area contributed by atoms with Gasteiger partial charge in [-0.3, -0.25) is 4.79 Å². The molecule has 0 bridgehead atoms. The van der Waals surface area contributed by atoms with Crippen molar-refractivity contribution in [2.75, 3.05) is 0 Å². The second-order valence-corrected chi connectivity index (χ2v) is 4.87. The van der Waals surface area contributed by atoms with Crippen LogP contribution in [0.25, 0.3) is 0 Å². The highest BCUT2D eigenvalue weighted by Gasteiger charge is 2.16. The van der Waals surface area contributed by atoms with Crippen LogP contribution in [-0.2, 0) is 11.2 Å². The highest BCUT2D eigenvalue weighted by atomic mass is 16.1. The molecule has 1 rings (SSSR count). The lowest BCUT2D eigenvalue weighted by Crippen LogP contribution is -2.35. The average molecular weight is 205 g/mol. The van der Waals surface area contributed by atoms with Crippen LogP contribution in [0.4, 0.5) is 0 Å². The normalized spacial score (nSPS) is 11.5. The number of rotatable bonds is 4. The van der Waals surface area contributed by atoms with E-state index in [1.807, 2.05) is 45.0 Å². The molecule has 2 heteroatoms. The second kappa shape index (κ2) is 4.58. The molecule has 0 atom stereocenters. The molecule has 0 aliphatic rings. The summed E-state index contributed by atoms with van der Waals surface area (Å²) >= 11 is 0. The van der Waals surface area contributed by atoms with Crippen molar-refractivity contribution in [1.29, 1.82) is 0 Å². The van der Waals surface area contributed by atoms with Gasteiger partial charge >= 0.3 is 0 Å². The summed E-state index contributed by atoms with van der Waals surface area (Å²) in [6.07, 6.45) is 0.920. The van der Waals surface area contributed by atoms with Crippen LogP contribution in [0.15, 0.2) is 24.3 Å². The molecule has 2 nitrogen and oxygen atoms in total. The van der Waals surface area contributed by atoms with Crippen molar-refractivity contribution in [2.45, 2.75) is 39.2 Å². The van der Waals surface area contributed by atoms with Crippen molar-refractivity contribution in [3.63, 3.8) is 0 Å². The Bertz CT molecular complexity index is 350. The summed E-state index contributed by atoms with van der Waals surface area (Å²) in [5.74, 6) is 0.202. The van der Waals surface area contributed by atoms with Crippen molar-refractivity contribution < 1.29 is 4.79 Å². The van der Waals surface area contributed by atoms with Gasteiger partial charge in [-0.05, 0) is 26.3 Å². The summed E-state index contributed by atoms with van der Waals surface area (Å²) in [7, 11) is 0. The van der Waals surface area contributed by atoms with Gasteiger partial charge in [0.25, 0.3) is 0 Å². The molecular formula is C13H19NO. The Labute approximate surface area is 91.5 Å². The maximum absolute atomic E-state index is 11.7. The summed E-state index contributed by atoms with van der Waals surface area (Å²) in [6, 6.07) is 8.03. The Hall–Kier alpha value is -1.15. The van der Waals surface area contributed by atoms with Gasteiger partial charge in [-0.1, -0.05) is 29.8 Å². The molecule has 0 aromatic heterocycles. The molecule has 0 radical (unpaired) electrons. The van der Waals surface area contributed by atoms with E-state index >= 15 is 0 Å². The van der Waals surface area contributed by atoms with Crippen LogP contribution in [-0.4, -0.2) is 11.3 Å². The van der Waals surface area contributed by atoms with Crippen LogP contribution in [0.3, 0.4) is 0 Å². The summed E-state index contributed by atoms with van der Waals surface area (Å²) in [5.41, 5.74) is 7.66. The third-order valence-corrected chi connectivity index (χ3v) is 2.14. The number of benzene rings is 1. The van der Waals surface area contributed by atoms with Gasteiger partial charge in [0.1, 0.15) is 5.78 Å². The minimum absolute atomic E-state index is 0.202. The number of aryl methyl sites for hydroxylation is 1. The lowest BCUT2D eigenvalue weighted by Gasteiger charge is -2.16. The highest BCUT2D eigenvalue weighted by Crippen LogP contribution is 2.10. The Morgan fingerprint density at radius 1 is 1.40 bits per heavy atom. The number of Topliss-reactive ketones (excluding diaryl/α,β-unsaturated/α-hetero) is 1. The van der Waals surface area contributed by atoms with E-state index in [9.17, 15) is 4.79 Å². The van der Waals surface area contributed by atoms with E-state index in [2.05, 4.69) is 0 Å². The first-order valence-electron chi connectivity index (χ1n) is 5.23. The molecule has 0 heterocycles. The average Bonchev–Trinajstić information content (AvgIpc) is 1.99. The van der Waals surface area contributed by atoms with Crippen molar-refractivity contribution in [3.8, 4) is 0 Å². The van der Waals surface area contributed by atoms with Gasteiger partial charge < -0.3 is 5.73 Å². The molecule has 0 fully saturated rings. The molecule has 0 spiro atoms. The molecule has 0 aliphatic heterocycles. The van der Waals surface area contributed by atoms with Crippen molar-refractivity contribution in [3.05, 3.63) is 35.4 Å². The fraction of sp³-hybridized carbons (Fsp3) is 0.462. The minimum Gasteiger partial charge on any atom is -0.325 e. The zero-order valence-electron chi connectivity index (χ0n) is 9.71. The summed E-state index contributed by atoms with van der Waals surface area (Å²) in [6.45, 7) is 5.78. The van der Waals surface area contributed by atoms with E-state index in [0.29, 0.717) is 12.8 Å². The lowest BCUT2D eigenvalue weighted by molar-refractivity contribution is -0.119. The van der Waals surface area contributed by atoms with Gasteiger partial charge in [0, 0.05) is 18.4 Å². The van der Waals surface area contributed by atoms with E-state index in [1.54, 1.807) is 0 Å². The zero-order chi connectivity index (χ0) is 11.5. The summed E-state index contributed by atoms with van der Waals surface area (Å²) in [5, 5.41) is 0. The standard InChI is InChI=1S/C13H19NO/c1-10-5-4-6-11(7-10)8-12(15)9-13(2,3)14/h4-7H,8-9,14H2,1-3H3. The maximum atomic E-state index is 11.7. The molecule has 1 aromatic carbocycles. The third-order valence-electron chi connectivity index (χ3n) is 2.14. The number of carbonyl (C=O) groups excluding carboxylic acids is 1. The number of carbonyl (C=O) groups is 1. The molecule has 1 aromatic rings. The Morgan fingerprint density at radius 3 is 2.60 bits per heavy atom. The number of nitrogens with two attached hydrogens (primary N) is 1. The van der Waals surface area contributed by atoms with E-state index in [1.165, 1.54) is 5.56 Å². The van der Waals surface area contributed by atoms with Crippen LogP contribution in [0, 0.1) is 6.92 Å². The second-order valence-electron chi connectivity index (χ2n) is 4.87. The molecule has 15 heavy (non-hydrogen) atoms. The smallest absolute Gasteiger partial charge is 0.139 e. The molecule has 0 saturated carbocycles. The molecule has 2 N–H and O–H groups in total. The lowest BCUT2D eigenvalue weighted by atomic mass is 9.95. The van der Waals surface area contributed by atoms with Crippen LogP contribution < -0.4 is 5.73 Å². The van der Waals surface area contributed by atoms with Crippen molar-refractivity contribution in [1.82, 2.24) is 0 Å². The van der Waals surface area contributed by atoms with Gasteiger partial charge in [-0.2, -0.15) is 0 Å². The van der Waals surface area contributed by atoms with Gasteiger partial charge in [0.05, 0.1) is 0 Å². The Balaban J connectivity index is 2.59. The SMILES string of the molecule is Cc1cccc(CC(=O)CC(C)(C)N)c1. The fourth-order valence-electron chi connectivity index (χ4n) is 1.62. The first-order chi connectivity index (χ1) is 6.87. The Kier molecular flexibility index (Phi) is 3.64. The molecule has 0 aliphatic carbocycles. The molecular weight excluding hydrogens is 186 g/mol. The van der Waals surface area contributed by atoms with Crippen LogP contribution in [0.5, 0.6) is 0 Å². The molecule has 0 unspecified atom stereocenters. The van der Waals surface area contributed by atoms with E-state index < -0.39 is 5.54 Å². The number of hydrogen-bond donors (Lipinski definition) is 1. The van der Waals surface area contributed by atoms with Crippen LogP contribution in [0.1, 0.15) is 31.4 Å². The highest BCUT2D eigenvalue weighted by molar-refractivity contribution is 5.81. The summed E-state index contributed by atoms with van der Waals surface area (Å²) < 4.78 is 0. The van der Waals surface area contributed by atoms with Gasteiger partial charge in [-0.25, -0.2) is 0 Å². The fourth-order valence-corrected chi connectivity index (χ4v) is 1.62. The number of hydrogen-bond acceptors (Lipinski definition) is 2. The largest absolute Gasteiger partial charge is 0.325 e. The first-order valence-corrected chi connectivity index (χ1v) is 5.23. The Morgan fingerprint density at radius 2 is 2.07 bits per heavy atom. The minimum atomic E-state index is -0.402. The zero-order valence-corrected chi connectivity index (χ0v) is 9.71. The third kappa shape index (κ3) is 4.75. The summed E-state index contributed by atoms with van der Waals surface area (Å²) in [4.78, 5) is 11.7. The maximum Gasteiger partial charge on any atom is 0.139 e. The van der Waals surface area contributed by atoms with Crippen LogP contribution >= 0.6 is 0 Å². The van der Waals surface area contributed by atoms with Crippen LogP contribution in [0.2, 0.25) is 0 Å². The van der Waals surface area contributed by atoms with Gasteiger partial charge in [-0.15, -0.1) is 0 Å². The monoisotopic (exact) mass is 205 g/mol. The topological polar surface area (TPSA) is 43.1 Å². The van der Waals surface area contributed by atoms with Crippen molar-refractivity contribution >= 4 is 5.78 Å². The quantitative estimate of drug-likeness (QED) is 0.819. The molecule has 0 saturated heterocycles. The van der Waals surface area contributed by atoms with Gasteiger partial charge in [0.2, 0.25) is 0 Å².